The molecular weight excluding hydrogens is 347 g/mol. The molecule has 0 bridgehead atoms. The van der Waals surface area contributed by atoms with Crippen molar-refractivity contribution in [1.29, 1.82) is 0 Å². The van der Waals surface area contributed by atoms with Crippen LogP contribution in [0.1, 0.15) is 21.2 Å². The monoisotopic (exact) mass is 360 g/mol. The highest BCUT2D eigenvalue weighted by Crippen LogP contribution is 2.28. The van der Waals surface area contributed by atoms with Crippen LogP contribution in [0.2, 0.25) is 0 Å². The van der Waals surface area contributed by atoms with Crippen molar-refractivity contribution in [2.24, 2.45) is 0 Å². The van der Waals surface area contributed by atoms with Crippen molar-refractivity contribution < 1.29 is 13.9 Å². The molecule has 25 heavy (non-hydrogen) atoms. The van der Waals surface area contributed by atoms with Crippen molar-refractivity contribution in [1.82, 2.24) is 19.9 Å². The van der Waals surface area contributed by atoms with Gasteiger partial charge in [0, 0.05) is 5.56 Å². The van der Waals surface area contributed by atoms with Gasteiger partial charge in [-0.1, -0.05) is 0 Å². The number of rotatable bonds is 4. The van der Waals surface area contributed by atoms with E-state index in [1.165, 1.54) is 12.1 Å². The summed E-state index contributed by atoms with van der Waals surface area (Å²) in [6.45, 7) is 1.50. The lowest BCUT2D eigenvalue weighted by molar-refractivity contribution is 0.0467. The lowest BCUT2D eigenvalue weighted by Gasteiger charge is -2.03. The maximum atomic E-state index is 13.0. The van der Waals surface area contributed by atoms with Crippen LogP contribution < -0.4 is 11.5 Å². The number of ether oxygens (including phenoxy) is 1. The molecule has 0 aliphatic carbocycles. The standard InChI is InChI=1S/C15H13FN6O2S/c1-7-11(25-12(19-7)8-2-4-9(16)5-3-8)13(23)24-6-10-20-14(17)22-15(18)21-10/h2-5H,6H2,1H3,(H4,17,18,20,21,22). The Labute approximate surface area is 145 Å². The van der Waals surface area contributed by atoms with Crippen LogP contribution in [0.5, 0.6) is 0 Å². The van der Waals surface area contributed by atoms with Gasteiger partial charge in [0.2, 0.25) is 11.9 Å². The van der Waals surface area contributed by atoms with Crippen LogP contribution in [0.15, 0.2) is 24.3 Å². The number of hydrogen-bond donors (Lipinski definition) is 2. The maximum Gasteiger partial charge on any atom is 0.350 e. The molecule has 2 heterocycles. The molecule has 0 unspecified atom stereocenters. The summed E-state index contributed by atoms with van der Waals surface area (Å²) < 4.78 is 18.2. The van der Waals surface area contributed by atoms with Gasteiger partial charge in [-0.3, -0.25) is 0 Å². The summed E-state index contributed by atoms with van der Waals surface area (Å²) in [6.07, 6.45) is 0. The molecule has 0 saturated carbocycles. The third-order valence-corrected chi connectivity index (χ3v) is 4.31. The number of hydrogen-bond acceptors (Lipinski definition) is 9. The number of anilines is 2. The minimum atomic E-state index is -0.569. The highest BCUT2D eigenvalue weighted by molar-refractivity contribution is 7.17. The Morgan fingerprint density at radius 1 is 1.12 bits per heavy atom. The first-order chi connectivity index (χ1) is 11.9. The predicted octanol–water partition coefficient (Wildman–Crippen LogP) is 1.96. The summed E-state index contributed by atoms with van der Waals surface area (Å²) in [6, 6.07) is 5.86. The number of esters is 1. The summed E-state index contributed by atoms with van der Waals surface area (Å²) in [5.41, 5.74) is 12.2. The van der Waals surface area contributed by atoms with Gasteiger partial charge in [0.1, 0.15) is 15.7 Å². The van der Waals surface area contributed by atoms with Crippen molar-refractivity contribution in [3.05, 3.63) is 46.5 Å². The normalized spacial score (nSPS) is 10.6. The first-order valence-electron chi connectivity index (χ1n) is 7.09. The molecular formula is C15H13FN6O2S. The first kappa shape index (κ1) is 16.7. The molecule has 128 valence electrons. The minimum Gasteiger partial charge on any atom is -0.453 e. The summed E-state index contributed by atoms with van der Waals surface area (Å²) in [7, 11) is 0. The molecule has 3 rings (SSSR count). The number of nitrogen functional groups attached to an aromatic ring is 2. The number of aryl methyl sites for hydroxylation is 1. The zero-order valence-electron chi connectivity index (χ0n) is 13.1. The van der Waals surface area contributed by atoms with E-state index in [-0.39, 0.29) is 30.1 Å². The fraction of sp³-hybridized carbons (Fsp3) is 0.133. The smallest absolute Gasteiger partial charge is 0.350 e. The molecule has 4 N–H and O–H groups in total. The molecule has 0 atom stereocenters. The van der Waals surface area contributed by atoms with E-state index in [0.29, 0.717) is 21.1 Å². The van der Waals surface area contributed by atoms with Crippen LogP contribution in [-0.4, -0.2) is 25.9 Å². The van der Waals surface area contributed by atoms with Crippen LogP contribution in [0.25, 0.3) is 10.6 Å². The van der Waals surface area contributed by atoms with E-state index >= 15 is 0 Å². The number of halogens is 1. The fourth-order valence-electron chi connectivity index (χ4n) is 2.02. The van der Waals surface area contributed by atoms with Crippen molar-refractivity contribution in [2.75, 3.05) is 11.5 Å². The summed E-state index contributed by atoms with van der Waals surface area (Å²) in [5.74, 6) is -0.856. The molecule has 0 saturated heterocycles. The van der Waals surface area contributed by atoms with Gasteiger partial charge in [-0.05, 0) is 31.2 Å². The zero-order chi connectivity index (χ0) is 18.0. The Hall–Kier alpha value is -3.14. The Kier molecular flexibility index (Phi) is 4.52. The van der Waals surface area contributed by atoms with Crippen LogP contribution in [0.4, 0.5) is 16.3 Å². The van der Waals surface area contributed by atoms with Crippen molar-refractivity contribution in [3.8, 4) is 10.6 Å². The quantitative estimate of drug-likeness (QED) is 0.675. The second-order valence-corrected chi connectivity index (χ2v) is 5.98. The average molecular weight is 360 g/mol. The third kappa shape index (κ3) is 3.86. The lowest BCUT2D eigenvalue weighted by atomic mass is 10.2. The van der Waals surface area contributed by atoms with Gasteiger partial charge in [-0.2, -0.15) is 15.0 Å². The number of nitrogens with two attached hydrogens (primary N) is 2. The Morgan fingerprint density at radius 2 is 1.76 bits per heavy atom. The van der Waals surface area contributed by atoms with Gasteiger partial charge in [-0.15, -0.1) is 11.3 Å². The van der Waals surface area contributed by atoms with E-state index in [9.17, 15) is 9.18 Å². The Balaban J connectivity index is 1.75. The Bertz CT molecular complexity index is 908. The zero-order valence-corrected chi connectivity index (χ0v) is 13.9. The van der Waals surface area contributed by atoms with E-state index in [0.717, 1.165) is 11.3 Å². The first-order valence-corrected chi connectivity index (χ1v) is 7.90. The van der Waals surface area contributed by atoms with Gasteiger partial charge < -0.3 is 16.2 Å². The molecule has 0 spiro atoms. The molecule has 1 aromatic carbocycles. The largest absolute Gasteiger partial charge is 0.453 e. The Morgan fingerprint density at radius 3 is 2.40 bits per heavy atom. The van der Waals surface area contributed by atoms with Gasteiger partial charge in [0.15, 0.2) is 12.4 Å². The number of nitrogens with zero attached hydrogens (tertiary/aromatic N) is 4. The second kappa shape index (κ2) is 6.77. The summed E-state index contributed by atoms with van der Waals surface area (Å²) in [4.78, 5) is 28.2. The minimum absolute atomic E-state index is 0.0499. The van der Waals surface area contributed by atoms with Crippen molar-refractivity contribution in [3.63, 3.8) is 0 Å². The van der Waals surface area contributed by atoms with Crippen molar-refractivity contribution >= 4 is 29.2 Å². The van der Waals surface area contributed by atoms with E-state index < -0.39 is 5.97 Å². The van der Waals surface area contributed by atoms with Crippen molar-refractivity contribution in [2.45, 2.75) is 13.5 Å². The summed E-state index contributed by atoms with van der Waals surface area (Å²) in [5, 5.41) is 0.595. The van der Waals surface area contributed by atoms with E-state index in [1.807, 2.05) is 0 Å². The lowest BCUT2D eigenvalue weighted by Crippen LogP contribution is -2.11. The fourth-order valence-corrected chi connectivity index (χ4v) is 2.98. The number of carbonyl (C=O) groups is 1. The topological polar surface area (TPSA) is 130 Å². The van der Waals surface area contributed by atoms with E-state index in [2.05, 4.69) is 19.9 Å². The van der Waals surface area contributed by atoms with E-state index in [1.54, 1.807) is 19.1 Å². The molecule has 0 fully saturated rings. The molecule has 10 heteroatoms. The summed E-state index contributed by atoms with van der Waals surface area (Å²) >= 11 is 1.16. The van der Waals surface area contributed by atoms with Gasteiger partial charge in [0.25, 0.3) is 0 Å². The second-order valence-electron chi connectivity index (χ2n) is 4.98. The van der Waals surface area contributed by atoms with Crippen LogP contribution in [0.3, 0.4) is 0 Å². The van der Waals surface area contributed by atoms with Crippen LogP contribution >= 0.6 is 11.3 Å². The molecule has 3 aromatic rings. The predicted molar refractivity (Wildman–Crippen MR) is 90.0 cm³/mol. The molecule has 0 aliphatic rings. The van der Waals surface area contributed by atoms with Crippen LogP contribution in [-0.2, 0) is 11.3 Å². The van der Waals surface area contributed by atoms with Gasteiger partial charge >= 0.3 is 5.97 Å². The molecule has 8 nitrogen and oxygen atoms in total. The van der Waals surface area contributed by atoms with Gasteiger partial charge in [0.05, 0.1) is 5.69 Å². The maximum absolute atomic E-state index is 13.0. The average Bonchev–Trinajstić information content (AvgIpc) is 2.94. The molecule has 0 aliphatic heterocycles. The van der Waals surface area contributed by atoms with Crippen LogP contribution in [0, 0.1) is 12.7 Å². The molecule has 0 radical (unpaired) electrons. The molecule has 0 amide bonds. The molecule has 2 aromatic heterocycles. The number of aromatic nitrogens is 4. The van der Waals surface area contributed by atoms with Gasteiger partial charge in [-0.25, -0.2) is 14.2 Å². The number of carbonyl (C=O) groups excluding carboxylic acids is 1. The SMILES string of the molecule is Cc1nc(-c2ccc(F)cc2)sc1C(=O)OCc1nc(N)nc(N)n1. The number of thiazole rings is 1. The number of benzene rings is 1. The third-order valence-electron chi connectivity index (χ3n) is 3.12. The highest BCUT2D eigenvalue weighted by Gasteiger charge is 2.18. The van der Waals surface area contributed by atoms with E-state index in [4.69, 9.17) is 16.2 Å². The highest BCUT2D eigenvalue weighted by atomic mass is 32.1.